The number of hydrogen-bond acceptors (Lipinski definition) is 3. The summed E-state index contributed by atoms with van der Waals surface area (Å²) in [6.07, 6.45) is 3.14. The minimum Gasteiger partial charge on any atom is -0.357 e. The zero-order valence-electron chi connectivity index (χ0n) is 14.4. The quantitative estimate of drug-likeness (QED) is 0.374. The first-order valence-corrected chi connectivity index (χ1v) is 8.41. The molecule has 0 aromatic carbocycles. The summed E-state index contributed by atoms with van der Waals surface area (Å²) < 4.78 is 2.02. The van der Waals surface area contributed by atoms with Crippen molar-refractivity contribution in [3.05, 3.63) is 17.5 Å². The Bertz CT molecular complexity index is 547. The predicted molar refractivity (Wildman–Crippen MR) is 91.5 cm³/mol. The first-order valence-electron chi connectivity index (χ1n) is 8.41. The Morgan fingerprint density at radius 2 is 2.17 bits per heavy atom. The average Bonchev–Trinajstić information content (AvgIpc) is 3.25. The fraction of sp³-hybridized carbons (Fsp3) is 0.688. The van der Waals surface area contributed by atoms with Gasteiger partial charge in [-0.2, -0.15) is 5.10 Å². The molecule has 7 nitrogen and oxygen atoms in total. The lowest BCUT2D eigenvalue weighted by Crippen LogP contribution is -2.39. The van der Waals surface area contributed by atoms with Gasteiger partial charge in [0.25, 0.3) is 0 Å². The Kier molecular flexibility index (Phi) is 6.43. The highest BCUT2D eigenvalue weighted by molar-refractivity contribution is 5.85. The van der Waals surface area contributed by atoms with Gasteiger partial charge in [0.15, 0.2) is 5.96 Å². The van der Waals surface area contributed by atoms with Gasteiger partial charge in [-0.1, -0.05) is 0 Å². The van der Waals surface area contributed by atoms with E-state index in [1.807, 2.05) is 18.5 Å². The Morgan fingerprint density at radius 1 is 1.39 bits per heavy atom. The van der Waals surface area contributed by atoms with Crippen molar-refractivity contribution in [3.8, 4) is 0 Å². The van der Waals surface area contributed by atoms with Crippen LogP contribution >= 0.6 is 0 Å². The molecule has 1 fully saturated rings. The standard InChI is InChI=1S/C16H28N6O/c1-4-17-16(19-11-15(23)20-14-6-7-14)18-8-5-9-22-13(3)10-12(2)21-22/h10,14H,4-9,11H2,1-3H3,(H,20,23)(H2,17,18,19). The van der Waals surface area contributed by atoms with Crippen molar-refractivity contribution in [3.63, 3.8) is 0 Å². The van der Waals surface area contributed by atoms with E-state index < -0.39 is 0 Å². The summed E-state index contributed by atoms with van der Waals surface area (Å²) in [7, 11) is 0. The topological polar surface area (TPSA) is 83.3 Å². The molecule has 1 saturated carbocycles. The normalized spacial score (nSPS) is 14.7. The highest BCUT2D eigenvalue weighted by Gasteiger charge is 2.22. The van der Waals surface area contributed by atoms with Crippen LogP contribution in [0, 0.1) is 13.8 Å². The second kappa shape index (κ2) is 8.55. The summed E-state index contributed by atoms with van der Waals surface area (Å²) >= 11 is 0. The molecule has 0 radical (unpaired) electrons. The molecule has 0 atom stereocenters. The first kappa shape index (κ1) is 17.3. The van der Waals surface area contributed by atoms with Gasteiger partial charge in [-0.25, -0.2) is 4.99 Å². The second-order valence-electron chi connectivity index (χ2n) is 5.97. The van der Waals surface area contributed by atoms with Gasteiger partial charge in [-0.15, -0.1) is 0 Å². The third-order valence-corrected chi connectivity index (χ3v) is 3.61. The molecule has 1 aromatic rings. The minimum absolute atomic E-state index is 0.00709. The zero-order valence-corrected chi connectivity index (χ0v) is 14.4. The zero-order chi connectivity index (χ0) is 16.7. The fourth-order valence-corrected chi connectivity index (χ4v) is 2.33. The number of guanidine groups is 1. The molecule has 128 valence electrons. The molecule has 23 heavy (non-hydrogen) atoms. The SMILES string of the molecule is CCNC(=NCC(=O)NC1CC1)NCCCn1nc(C)cc1C. The Morgan fingerprint density at radius 3 is 2.78 bits per heavy atom. The van der Waals surface area contributed by atoms with Crippen molar-refractivity contribution in [1.82, 2.24) is 25.7 Å². The molecule has 1 heterocycles. The van der Waals surface area contributed by atoms with Crippen molar-refractivity contribution < 1.29 is 4.79 Å². The number of rotatable bonds is 8. The molecule has 0 spiro atoms. The number of aromatic nitrogens is 2. The van der Waals surface area contributed by atoms with Crippen LogP contribution in [0.2, 0.25) is 0 Å². The molecule has 0 aliphatic heterocycles. The van der Waals surface area contributed by atoms with E-state index in [9.17, 15) is 4.79 Å². The number of hydrogen-bond donors (Lipinski definition) is 3. The van der Waals surface area contributed by atoms with E-state index in [4.69, 9.17) is 0 Å². The highest BCUT2D eigenvalue weighted by atomic mass is 16.2. The summed E-state index contributed by atoms with van der Waals surface area (Å²) in [5, 5.41) is 13.8. The maximum atomic E-state index is 11.7. The van der Waals surface area contributed by atoms with Crippen LogP contribution in [0.4, 0.5) is 0 Å². The van der Waals surface area contributed by atoms with Gasteiger partial charge in [0.1, 0.15) is 6.54 Å². The maximum Gasteiger partial charge on any atom is 0.242 e. The van der Waals surface area contributed by atoms with Crippen molar-refractivity contribution in [2.45, 2.75) is 52.6 Å². The summed E-state index contributed by atoms with van der Waals surface area (Å²) in [6.45, 7) is 8.68. The van der Waals surface area contributed by atoms with Crippen LogP contribution in [0.15, 0.2) is 11.1 Å². The minimum atomic E-state index is -0.00709. The molecule has 3 N–H and O–H groups in total. The summed E-state index contributed by atoms with van der Waals surface area (Å²) in [5.41, 5.74) is 2.23. The number of nitrogens with one attached hydrogen (secondary N) is 3. The molecule has 0 bridgehead atoms. The summed E-state index contributed by atoms with van der Waals surface area (Å²) in [4.78, 5) is 16.0. The van der Waals surface area contributed by atoms with E-state index in [-0.39, 0.29) is 12.5 Å². The van der Waals surface area contributed by atoms with Crippen LogP contribution in [-0.4, -0.2) is 47.3 Å². The fourth-order valence-electron chi connectivity index (χ4n) is 2.33. The van der Waals surface area contributed by atoms with E-state index in [0.29, 0.717) is 12.0 Å². The predicted octanol–water partition coefficient (Wildman–Crippen LogP) is 0.724. The molecule has 1 amide bonds. The molecule has 1 aliphatic carbocycles. The number of aliphatic imine (C=N–C) groups is 1. The van der Waals surface area contributed by atoms with E-state index in [2.05, 4.69) is 39.0 Å². The number of aryl methyl sites for hydroxylation is 3. The molecule has 0 unspecified atom stereocenters. The van der Waals surface area contributed by atoms with E-state index in [1.165, 1.54) is 5.69 Å². The number of carbonyl (C=O) groups excluding carboxylic acids is 1. The van der Waals surface area contributed by atoms with Crippen LogP contribution in [-0.2, 0) is 11.3 Å². The Hall–Kier alpha value is -2.05. The van der Waals surface area contributed by atoms with Crippen LogP contribution in [0.3, 0.4) is 0 Å². The highest BCUT2D eigenvalue weighted by Crippen LogP contribution is 2.18. The Labute approximate surface area is 137 Å². The molecular formula is C16H28N6O. The van der Waals surface area contributed by atoms with E-state index >= 15 is 0 Å². The van der Waals surface area contributed by atoms with Gasteiger partial charge in [0.2, 0.25) is 5.91 Å². The van der Waals surface area contributed by atoms with Gasteiger partial charge in [-0.05, 0) is 46.1 Å². The van der Waals surface area contributed by atoms with Gasteiger partial charge >= 0.3 is 0 Å². The van der Waals surface area contributed by atoms with Gasteiger partial charge < -0.3 is 16.0 Å². The van der Waals surface area contributed by atoms with Gasteiger partial charge in [0.05, 0.1) is 5.69 Å². The molecule has 1 aliphatic rings. The monoisotopic (exact) mass is 320 g/mol. The van der Waals surface area contributed by atoms with Crippen LogP contribution in [0.1, 0.15) is 37.6 Å². The van der Waals surface area contributed by atoms with Crippen LogP contribution in [0.25, 0.3) is 0 Å². The summed E-state index contributed by atoms with van der Waals surface area (Å²) in [6, 6.07) is 2.46. The lowest BCUT2D eigenvalue weighted by Gasteiger charge is -2.11. The van der Waals surface area contributed by atoms with Crippen molar-refractivity contribution in [2.24, 2.45) is 4.99 Å². The second-order valence-corrected chi connectivity index (χ2v) is 5.97. The molecular weight excluding hydrogens is 292 g/mol. The molecule has 2 rings (SSSR count). The third kappa shape index (κ3) is 6.30. The lowest BCUT2D eigenvalue weighted by molar-refractivity contribution is -0.119. The van der Waals surface area contributed by atoms with Crippen molar-refractivity contribution in [1.29, 1.82) is 0 Å². The number of carbonyl (C=O) groups is 1. The maximum absolute atomic E-state index is 11.7. The van der Waals surface area contributed by atoms with Crippen molar-refractivity contribution in [2.75, 3.05) is 19.6 Å². The van der Waals surface area contributed by atoms with Crippen LogP contribution < -0.4 is 16.0 Å². The van der Waals surface area contributed by atoms with E-state index in [1.54, 1.807) is 0 Å². The number of amides is 1. The number of nitrogens with zero attached hydrogens (tertiary/aromatic N) is 3. The molecule has 7 heteroatoms. The van der Waals surface area contributed by atoms with Gasteiger partial charge in [0, 0.05) is 31.4 Å². The van der Waals surface area contributed by atoms with Gasteiger partial charge in [-0.3, -0.25) is 9.48 Å². The average molecular weight is 320 g/mol. The van der Waals surface area contributed by atoms with E-state index in [0.717, 1.165) is 44.6 Å². The van der Waals surface area contributed by atoms with Crippen molar-refractivity contribution >= 4 is 11.9 Å². The largest absolute Gasteiger partial charge is 0.357 e. The lowest BCUT2D eigenvalue weighted by atomic mass is 10.4. The smallest absolute Gasteiger partial charge is 0.242 e. The first-order chi connectivity index (χ1) is 11.1. The molecule has 0 saturated heterocycles. The third-order valence-electron chi connectivity index (χ3n) is 3.61. The van der Waals surface area contributed by atoms with Crippen LogP contribution in [0.5, 0.6) is 0 Å². The Balaban J connectivity index is 1.70. The summed E-state index contributed by atoms with van der Waals surface area (Å²) in [5.74, 6) is 0.680. The molecule has 1 aromatic heterocycles.